The molecular formula is C11H15NO3S. The summed E-state index contributed by atoms with van der Waals surface area (Å²) in [5.41, 5.74) is 1.01. The number of hydrogen-bond donors (Lipinski definition) is 1. The summed E-state index contributed by atoms with van der Waals surface area (Å²) in [5.74, 6) is 0. The molecule has 0 bridgehead atoms. The van der Waals surface area contributed by atoms with Crippen molar-refractivity contribution in [3.63, 3.8) is 0 Å². The van der Waals surface area contributed by atoms with Gasteiger partial charge in [0.15, 0.2) is 0 Å². The van der Waals surface area contributed by atoms with Crippen LogP contribution >= 0.6 is 0 Å². The molecule has 0 radical (unpaired) electrons. The monoisotopic (exact) mass is 241 g/mol. The molecule has 4 nitrogen and oxygen atoms in total. The van der Waals surface area contributed by atoms with Crippen LogP contribution in [0.25, 0.3) is 0 Å². The molecule has 0 aliphatic heterocycles. The van der Waals surface area contributed by atoms with Crippen molar-refractivity contribution < 1.29 is 13.2 Å². The highest BCUT2D eigenvalue weighted by molar-refractivity contribution is 7.90. The van der Waals surface area contributed by atoms with Gasteiger partial charge in [0.05, 0.1) is 4.90 Å². The lowest BCUT2D eigenvalue weighted by Gasteiger charge is -2.18. The van der Waals surface area contributed by atoms with E-state index in [-0.39, 0.29) is 16.7 Å². The van der Waals surface area contributed by atoms with Gasteiger partial charge >= 0.3 is 0 Å². The minimum absolute atomic E-state index is 0.0274. The van der Waals surface area contributed by atoms with E-state index in [1.165, 1.54) is 12.1 Å². The number of amides is 1. The Bertz CT molecular complexity index is 469. The van der Waals surface area contributed by atoms with Crippen molar-refractivity contribution in [1.82, 2.24) is 4.72 Å². The molecule has 0 aliphatic rings. The Labute approximate surface area is 95.7 Å². The van der Waals surface area contributed by atoms with Gasteiger partial charge in [0.25, 0.3) is 10.0 Å². The van der Waals surface area contributed by atoms with Crippen molar-refractivity contribution in [3.8, 4) is 0 Å². The topological polar surface area (TPSA) is 63.2 Å². The molecule has 0 saturated carbocycles. The predicted octanol–water partition coefficient (Wildman–Crippen LogP) is 1.42. The predicted molar refractivity (Wildman–Crippen MR) is 61.5 cm³/mol. The van der Waals surface area contributed by atoms with Crippen LogP contribution < -0.4 is 4.72 Å². The molecule has 88 valence electrons. The molecule has 1 aromatic rings. The van der Waals surface area contributed by atoms with Crippen molar-refractivity contribution in [1.29, 1.82) is 0 Å². The summed E-state index contributed by atoms with van der Waals surface area (Å²) in [4.78, 5) is 10.2. The van der Waals surface area contributed by atoms with Gasteiger partial charge in [0, 0.05) is 0 Å². The lowest BCUT2D eigenvalue weighted by Crippen LogP contribution is -2.22. The average Bonchev–Trinajstić information content (AvgIpc) is 2.16. The zero-order chi connectivity index (χ0) is 12.4. The highest BCUT2D eigenvalue weighted by Gasteiger charge is 2.16. The second-order valence-corrected chi connectivity index (χ2v) is 6.23. The molecule has 0 atom stereocenters. The van der Waals surface area contributed by atoms with Gasteiger partial charge in [-0.2, -0.15) is 0 Å². The normalized spacial score (nSPS) is 12.2. The number of nitrogens with one attached hydrogen (secondary N) is 1. The largest absolute Gasteiger partial charge is 0.278 e. The molecule has 1 aromatic carbocycles. The SMILES string of the molecule is CC(C)(C)c1ccc(S(=O)(=O)NC=O)cc1. The maximum absolute atomic E-state index is 11.5. The van der Waals surface area contributed by atoms with Crippen LogP contribution in [0, 0.1) is 0 Å². The molecule has 1 amide bonds. The fourth-order valence-corrected chi connectivity index (χ4v) is 2.02. The van der Waals surface area contributed by atoms with E-state index in [0.717, 1.165) is 5.56 Å². The Balaban J connectivity index is 3.09. The summed E-state index contributed by atoms with van der Waals surface area (Å²) in [5, 5.41) is 0. The Hall–Kier alpha value is -1.36. The molecule has 0 heterocycles. The van der Waals surface area contributed by atoms with E-state index >= 15 is 0 Å². The number of carbonyl (C=O) groups is 1. The van der Waals surface area contributed by atoms with E-state index in [2.05, 4.69) is 0 Å². The number of hydrogen-bond acceptors (Lipinski definition) is 3. The average molecular weight is 241 g/mol. The smallest absolute Gasteiger partial charge is 0.263 e. The first-order valence-corrected chi connectivity index (χ1v) is 6.32. The van der Waals surface area contributed by atoms with E-state index in [1.807, 2.05) is 20.8 Å². The number of sulfonamides is 1. The summed E-state index contributed by atoms with van der Waals surface area (Å²) < 4.78 is 24.7. The molecule has 0 saturated heterocycles. The number of benzene rings is 1. The Kier molecular flexibility index (Phi) is 3.38. The van der Waals surface area contributed by atoms with Crippen LogP contribution in [0.15, 0.2) is 29.2 Å². The lowest BCUT2D eigenvalue weighted by atomic mass is 9.87. The zero-order valence-electron chi connectivity index (χ0n) is 9.52. The van der Waals surface area contributed by atoms with Crippen molar-refractivity contribution in [2.24, 2.45) is 0 Å². The maximum atomic E-state index is 11.5. The third-order valence-corrected chi connectivity index (χ3v) is 3.53. The van der Waals surface area contributed by atoms with E-state index in [4.69, 9.17) is 0 Å². The molecule has 5 heteroatoms. The summed E-state index contributed by atoms with van der Waals surface area (Å²) in [6.45, 7) is 6.13. The summed E-state index contributed by atoms with van der Waals surface area (Å²) in [7, 11) is -3.69. The first-order chi connectivity index (χ1) is 7.27. The first kappa shape index (κ1) is 12.7. The molecule has 0 aliphatic carbocycles. The van der Waals surface area contributed by atoms with E-state index in [0.29, 0.717) is 0 Å². The van der Waals surface area contributed by atoms with E-state index in [9.17, 15) is 13.2 Å². The Morgan fingerprint density at radius 3 is 2.00 bits per heavy atom. The molecule has 1 N–H and O–H groups in total. The van der Waals surface area contributed by atoms with Crippen LogP contribution in [0.2, 0.25) is 0 Å². The van der Waals surface area contributed by atoms with Crippen molar-refractivity contribution >= 4 is 16.4 Å². The van der Waals surface area contributed by atoms with Crippen LogP contribution in [0.3, 0.4) is 0 Å². The molecule has 0 fully saturated rings. The highest BCUT2D eigenvalue weighted by Crippen LogP contribution is 2.23. The minimum Gasteiger partial charge on any atom is -0.278 e. The Morgan fingerprint density at radius 2 is 1.62 bits per heavy atom. The van der Waals surface area contributed by atoms with Gasteiger partial charge in [-0.15, -0.1) is 0 Å². The molecule has 1 rings (SSSR count). The van der Waals surface area contributed by atoms with Crippen LogP contribution in [0.5, 0.6) is 0 Å². The van der Waals surface area contributed by atoms with Gasteiger partial charge in [-0.05, 0) is 23.1 Å². The third-order valence-electron chi connectivity index (χ3n) is 2.23. The van der Waals surface area contributed by atoms with Gasteiger partial charge in [0.2, 0.25) is 6.41 Å². The van der Waals surface area contributed by atoms with Crippen LogP contribution in [0.4, 0.5) is 0 Å². The van der Waals surface area contributed by atoms with E-state index in [1.54, 1.807) is 16.9 Å². The molecule has 16 heavy (non-hydrogen) atoms. The molecular weight excluding hydrogens is 226 g/mol. The molecule has 0 aromatic heterocycles. The summed E-state index contributed by atoms with van der Waals surface area (Å²) in [6.07, 6.45) is 0.160. The van der Waals surface area contributed by atoms with Gasteiger partial charge in [-0.25, -0.2) is 8.42 Å². The second-order valence-electron chi connectivity index (χ2n) is 4.51. The molecule has 0 spiro atoms. The van der Waals surface area contributed by atoms with Crippen LogP contribution in [0.1, 0.15) is 26.3 Å². The molecule has 0 unspecified atom stereocenters. The van der Waals surface area contributed by atoms with Crippen LogP contribution in [-0.2, 0) is 20.2 Å². The summed E-state index contributed by atoms with van der Waals surface area (Å²) in [6, 6.07) is 6.48. The quantitative estimate of drug-likeness (QED) is 0.814. The van der Waals surface area contributed by atoms with Gasteiger partial charge in [0.1, 0.15) is 0 Å². The highest BCUT2D eigenvalue weighted by atomic mass is 32.2. The lowest BCUT2D eigenvalue weighted by molar-refractivity contribution is -0.108. The Morgan fingerprint density at radius 1 is 1.12 bits per heavy atom. The van der Waals surface area contributed by atoms with E-state index < -0.39 is 10.0 Å². The third kappa shape index (κ3) is 2.82. The first-order valence-electron chi connectivity index (χ1n) is 4.84. The minimum atomic E-state index is -3.69. The zero-order valence-corrected chi connectivity index (χ0v) is 10.3. The van der Waals surface area contributed by atoms with Gasteiger partial charge in [-0.3, -0.25) is 9.52 Å². The fourth-order valence-electron chi connectivity index (χ4n) is 1.27. The maximum Gasteiger partial charge on any atom is 0.263 e. The van der Waals surface area contributed by atoms with Crippen molar-refractivity contribution in [3.05, 3.63) is 29.8 Å². The number of carbonyl (C=O) groups excluding carboxylic acids is 1. The second kappa shape index (κ2) is 4.25. The standard InChI is InChI=1S/C11H15NO3S/c1-11(2,3)9-4-6-10(7-5-9)16(14,15)12-8-13/h4-8H,1-3H3,(H,12,13). The fraction of sp³-hybridized carbons (Fsp3) is 0.364. The van der Waals surface area contributed by atoms with Crippen molar-refractivity contribution in [2.45, 2.75) is 31.1 Å². The summed E-state index contributed by atoms with van der Waals surface area (Å²) >= 11 is 0. The van der Waals surface area contributed by atoms with Crippen LogP contribution in [-0.4, -0.2) is 14.8 Å². The van der Waals surface area contributed by atoms with Gasteiger partial charge in [-0.1, -0.05) is 32.9 Å². The number of rotatable bonds is 3. The van der Waals surface area contributed by atoms with Gasteiger partial charge < -0.3 is 0 Å². The van der Waals surface area contributed by atoms with Crippen molar-refractivity contribution in [2.75, 3.05) is 0 Å².